The smallest absolute Gasteiger partial charge is 0.247 e. The Morgan fingerprint density at radius 2 is 1.88 bits per heavy atom. The molecule has 0 saturated heterocycles. The van der Waals surface area contributed by atoms with Gasteiger partial charge in [-0.2, -0.15) is 0 Å². The molecule has 1 saturated carbocycles. The lowest BCUT2D eigenvalue weighted by Gasteiger charge is -2.21. The summed E-state index contributed by atoms with van der Waals surface area (Å²) in [5, 5.41) is 0. The zero-order valence-corrected chi connectivity index (χ0v) is 15.4. The molecule has 4 nitrogen and oxygen atoms in total. The Labute approximate surface area is 155 Å². The lowest BCUT2D eigenvalue weighted by molar-refractivity contribution is -0.127. The summed E-state index contributed by atoms with van der Waals surface area (Å²) in [5.41, 5.74) is 2.03. The van der Waals surface area contributed by atoms with Gasteiger partial charge in [-0.25, -0.2) is 0 Å². The molecule has 1 fully saturated rings. The van der Waals surface area contributed by atoms with Crippen molar-refractivity contribution in [2.75, 3.05) is 13.7 Å². The zero-order valence-electron chi connectivity index (χ0n) is 15.4. The van der Waals surface area contributed by atoms with E-state index in [4.69, 9.17) is 9.47 Å². The minimum absolute atomic E-state index is 0.0367. The topological polar surface area (TPSA) is 38.8 Å². The number of para-hydroxylation sites is 1. The first-order valence-electron chi connectivity index (χ1n) is 9.04. The Morgan fingerprint density at radius 3 is 2.54 bits per heavy atom. The maximum Gasteiger partial charge on any atom is 0.247 e. The molecule has 0 atom stereocenters. The third kappa shape index (κ3) is 4.66. The monoisotopic (exact) mass is 351 g/mol. The predicted octanol–water partition coefficient (Wildman–Crippen LogP) is 4.30. The Hall–Kier alpha value is -2.75. The van der Waals surface area contributed by atoms with E-state index < -0.39 is 0 Å². The molecule has 0 heterocycles. The van der Waals surface area contributed by atoms with Crippen LogP contribution in [-0.2, 0) is 11.3 Å². The van der Waals surface area contributed by atoms with Gasteiger partial charge in [0.25, 0.3) is 0 Å². The van der Waals surface area contributed by atoms with Crippen LogP contribution in [0.4, 0.5) is 0 Å². The molecule has 2 aromatic carbocycles. The minimum atomic E-state index is 0.0367. The molecule has 1 amide bonds. The zero-order chi connectivity index (χ0) is 18.4. The second kappa shape index (κ2) is 8.56. The fourth-order valence-electron chi connectivity index (χ4n) is 2.86. The molecule has 0 aliphatic heterocycles. The number of amides is 1. The predicted molar refractivity (Wildman–Crippen MR) is 103 cm³/mol. The van der Waals surface area contributed by atoms with Gasteiger partial charge < -0.3 is 14.4 Å². The van der Waals surface area contributed by atoms with E-state index >= 15 is 0 Å². The number of carbonyl (C=O) groups is 1. The van der Waals surface area contributed by atoms with Crippen LogP contribution >= 0.6 is 0 Å². The lowest BCUT2D eigenvalue weighted by atomic mass is 10.1. The van der Waals surface area contributed by atoms with E-state index in [1.54, 1.807) is 13.2 Å². The number of methoxy groups -OCH3 is 1. The molecule has 1 aliphatic rings. The largest absolute Gasteiger partial charge is 0.497 e. The van der Waals surface area contributed by atoms with Crippen LogP contribution in [0.1, 0.15) is 30.9 Å². The van der Waals surface area contributed by atoms with Crippen LogP contribution in [0.15, 0.2) is 54.6 Å². The van der Waals surface area contributed by atoms with Crippen LogP contribution in [0.5, 0.6) is 11.5 Å². The van der Waals surface area contributed by atoms with Crippen LogP contribution < -0.4 is 9.47 Å². The molecule has 0 radical (unpaired) electrons. The molecule has 0 spiro atoms. The molecule has 26 heavy (non-hydrogen) atoms. The molecule has 0 bridgehead atoms. The number of hydrogen-bond donors (Lipinski definition) is 0. The van der Waals surface area contributed by atoms with Crippen LogP contribution in [0.2, 0.25) is 0 Å². The number of hydrogen-bond acceptors (Lipinski definition) is 3. The molecule has 0 N–H and O–H groups in total. The molecule has 1 aliphatic carbocycles. The van der Waals surface area contributed by atoms with Crippen molar-refractivity contribution in [3.63, 3.8) is 0 Å². The average Bonchev–Trinajstić information content (AvgIpc) is 3.51. The van der Waals surface area contributed by atoms with Gasteiger partial charge in [0.15, 0.2) is 0 Å². The first kappa shape index (κ1) is 18.1. The minimum Gasteiger partial charge on any atom is -0.497 e. The second-order valence-corrected chi connectivity index (χ2v) is 6.35. The normalized spacial score (nSPS) is 13.6. The van der Waals surface area contributed by atoms with Crippen molar-refractivity contribution in [3.8, 4) is 11.5 Å². The molecule has 136 valence electrons. The van der Waals surface area contributed by atoms with Crippen molar-refractivity contribution in [2.45, 2.75) is 32.4 Å². The summed E-state index contributed by atoms with van der Waals surface area (Å²) >= 11 is 0. The molecular formula is C22H25NO3. The first-order valence-corrected chi connectivity index (χ1v) is 9.04. The maximum absolute atomic E-state index is 12.8. The SMILES string of the molecule is CCOc1ccccc1/C=C/C(=O)N(Cc1ccc(OC)cc1)C1CC1. The molecule has 3 rings (SSSR count). The first-order chi connectivity index (χ1) is 12.7. The fraction of sp³-hybridized carbons (Fsp3) is 0.318. The standard InChI is InChI=1S/C22H25NO3/c1-3-26-21-7-5-4-6-18(21)10-15-22(24)23(19-11-12-19)16-17-8-13-20(25-2)14-9-17/h4-10,13-15,19H,3,11-12,16H2,1-2H3/b15-10+. The van der Waals surface area contributed by atoms with Crippen molar-refractivity contribution in [2.24, 2.45) is 0 Å². The number of ether oxygens (including phenoxy) is 2. The Morgan fingerprint density at radius 1 is 1.15 bits per heavy atom. The van der Waals surface area contributed by atoms with E-state index in [1.807, 2.05) is 66.4 Å². The molecule has 0 unspecified atom stereocenters. The highest BCUT2D eigenvalue weighted by Crippen LogP contribution is 2.29. The number of benzene rings is 2. The van der Waals surface area contributed by atoms with Gasteiger partial charge in [0, 0.05) is 24.2 Å². The summed E-state index contributed by atoms with van der Waals surface area (Å²) in [5.74, 6) is 1.66. The van der Waals surface area contributed by atoms with Gasteiger partial charge in [-0.05, 0) is 49.6 Å². The average molecular weight is 351 g/mol. The molecule has 4 heteroatoms. The van der Waals surface area contributed by atoms with Gasteiger partial charge in [-0.3, -0.25) is 4.79 Å². The van der Waals surface area contributed by atoms with E-state index in [-0.39, 0.29) is 5.91 Å². The van der Waals surface area contributed by atoms with Crippen LogP contribution in [0.25, 0.3) is 6.08 Å². The van der Waals surface area contributed by atoms with E-state index in [0.29, 0.717) is 19.2 Å². The third-order valence-corrected chi connectivity index (χ3v) is 4.41. The summed E-state index contributed by atoms with van der Waals surface area (Å²) in [6.45, 7) is 3.17. The van der Waals surface area contributed by atoms with Gasteiger partial charge in [0.05, 0.1) is 13.7 Å². The van der Waals surface area contributed by atoms with E-state index in [0.717, 1.165) is 35.5 Å². The third-order valence-electron chi connectivity index (χ3n) is 4.41. The molecular weight excluding hydrogens is 326 g/mol. The Bertz CT molecular complexity index is 763. The highest BCUT2D eigenvalue weighted by Gasteiger charge is 2.31. The second-order valence-electron chi connectivity index (χ2n) is 6.35. The summed E-state index contributed by atoms with van der Waals surface area (Å²) < 4.78 is 10.8. The van der Waals surface area contributed by atoms with Gasteiger partial charge in [0.2, 0.25) is 5.91 Å². The van der Waals surface area contributed by atoms with Crippen LogP contribution in [0, 0.1) is 0 Å². The van der Waals surface area contributed by atoms with E-state index in [1.165, 1.54) is 0 Å². The Balaban J connectivity index is 1.71. The number of carbonyl (C=O) groups excluding carboxylic acids is 1. The molecule has 0 aromatic heterocycles. The summed E-state index contributed by atoms with van der Waals surface area (Å²) in [6, 6.07) is 16.0. The van der Waals surface area contributed by atoms with Crippen molar-refractivity contribution < 1.29 is 14.3 Å². The molecule has 2 aromatic rings. The lowest BCUT2D eigenvalue weighted by Crippen LogP contribution is -2.31. The van der Waals surface area contributed by atoms with E-state index in [9.17, 15) is 4.79 Å². The number of nitrogens with zero attached hydrogens (tertiary/aromatic N) is 1. The van der Waals surface area contributed by atoms with Crippen LogP contribution in [-0.4, -0.2) is 30.6 Å². The maximum atomic E-state index is 12.8. The van der Waals surface area contributed by atoms with Gasteiger partial charge >= 0.3 is 0 Å². The number of rotatable bonds is 8. The van der Waals surface area contributed by atoms with Gasteiger partial charge in [-0.15, -0.1) is 0 Å². The summed E-state index contributed by atoms with van der Waals surface area (Å²) in [7, 11) is 1.65. The van der Waals surface area contributed by atoms with Gasteiger partial charge in [-0.1, -0.05) is 30.3 Å². The van der Waals surface area contributed by atoms with E-state index in [2.05, 4.69) is 0 Å². The Kier molecular flexibility index (Phi) is 5.95. The van der Waals surface area contributed by atoms with Crippen molar-refractivity contribution >= 4 is 12.0 Å². The van der Waals surface area contributed by atoms with Crippen molar-refractivity contribution in [1.82, 2.24) is 4.90 Å². The highest BCUT2D eigenvalue weighted by molar-refractivity contribution is 5.92. The quantitative estimate of drug-likeness (QED) is 0.666. The van der Waals surface area contributed by atoms with Crippen LogP contribution in [0.3, 0.4) is 0 Å². The highest BCUT2D eigenvalue weighted by atomic mass is 16.5. The summed E-state index contributed by atoms with van der Waals surface area (Å²) in [4.78, 5) is 14.7. The van der Waals surface area contributed by atoms with Crippen molar-refractivity contribution in [3.05, 3.63) is 65.7 Å². The van der Waals surface area contributed by atoms with Crippen molar-refractivity contribution in [1.29, 1.82) is 0 Å². The fourth-order valence-corrected chi connectivity index (χ4v) is 2.86. The van der Waals surface area contributed by atoms with Gasteiger partial charge in [0.1, 0.15) is 11.5 Å². The summed E-state index contributed by atoms with van der Waals surface area (Å²) in [6.07, 6.45) is 5.65.